The van der Waals surface area contributed by atoms with Gasteiger partial charge in [0.2, 0.25) is 0 Å². The lowest BCUT2D eigenvalue weighted by atomic mass is 9.92. The lowest BCUT2D eigenvalue weighted by Crippen LogP contribution is -2.35. The van der Waals surface area contributed by atoms with Crippen LogP contribution in [-0.2, 0) is 0 Å². The molecular formula is C14H20BrNO. The van der Waals surface area contributed by atoms with Gasteiger partial charge in [0.1, 0.15) is 5.75 Å². The molecule has 2 unspecified atom stereocenters. The van der Waals surface area contributed by atoms with E-state index in [0.717, 1.165) is 30.7 Å². The highest BCUT2D eigenvalue weighted by atomic mass is 79.9. The summed E-state index contributed by atoms with van der Waals surface area (Å²) in [6, 6.07) is 9.01. The second-order valence-electron chi connectivity index (χ2n) is 4.81. The van der Waals surface area contributed by atoms with Gasteiger partial charge in [0.25, 0.3) is 0 Å². The summed E-state index contributed by atoms with van der Waals surface area (Å²) in [6.07, 6.45) is 1.12. The first-order valence-corrected chi connectivity index (χ1v) is 7.32. The van der Waals surface area contributed by atoms with Gasteiger partial charge in [-0.1, -0.05) is 34.1 Å². The number of hydrogen-bond acceptors (Lipinski definition) is 2. The monoisotopic (exact) mass is 297 g/mol. The minimum absolute atomic E-state index is 0.574. The van der Waals surface area contributed by atoms with E-state index in [1.807, 2.05) is 6.07 Å². The van der Waals surface area contributed by atoms with Crippen molar-refractivity contribution >= 4 is 15.9 Å². The van der Waals surface area contributed by atoms with Crippen molar-refractivity contribution in [2.24, 2.45) is 0 Å². The molecule has 0 aliphatic carbocycles. The fraction of sp³-hybridized carbons (Fsp3) is 0.571. The topological polar surface area (TPSA) is 12.5 Å². The molecule has 17 heavy (non-hydrogen) atoms. The van der Waals surface area contributed by atoms with Gasteiger partial charge in [0, 0.05) is 23.8 Å². The Hall–Kier alpha value is -0.540. The second kappa shape index (κ2) is 5.87. The van der Waals surface area contributed by atoms with Crippen LogP contribution in [0.2, 0.25) is 0 Å². The molecular weight excluding hydrogens is 278 g/mol. The van der Waals surface area contributed by atoms with Crippen LogP contribution in [0.1, 0.15) is 24.8 Å². The number of benzene rings is 1. The van der Waals surface area contributed by atoms with Crippen molar-refractivity contribution in [3.63, 3.8) is 0 Å². The first-order valence-electron chi connectivity index (χ1n) is 6.20. The molecule has 0 aromatic heterocycles. The van der Waals surface area contributed by atoms with Gasteiger partial charge in [0.15, 0.2) is 0 Å². The summed E-state index contributed by atoms with van der Waals surface area (Å²) < 4.78 is 5.69. The van der Waals surface area contributed by atoms with Crippen molar-refractivity contribution in [3.8, 4) is 5.75 Å². The Morgan fingerprint density at radius 1 is 1.47 bits per heavy atom. The molecule has 0 saturated heterocycles. The largest absolute Gasteiger partial charge is 0.493 e. The molecule has 1 aliphatic heterocycles. The third-order valence-electron chi connectivity index (χ3n) is 3.57. The maximum Gasteiger partial charge on any atom is 0.122 e. The van der Waals surface area contributed by atoms with Crippen molar-refractivity contribution in [1.29, 1.82) is 0 Å². The van der Waals surface area contributed by atoms with Crippen molar-refractivity contribution < 1.29 is 4.74 Å². The third-order valence-corrected chi connectivity index (χ3v) is 4.50. The van der Waals surface area contributed by atoms with Crippen LogP contribution < -0.4 is 4.74 Å². The molecule has 0 amide bonds. The molecule has 0 N–H and O–H groups in total. The fourth-order valence-electron chi connectivity index (χ4n) is 2.25. The summed E-state index contributed by atoms with van der Waals surface area (Å²) >= 11 is 3.55. The van der Waals surface area contributed by atoms with Crippen LogP contribution in [0.25, 0.3) is 0 Å². The van der Waals surface area contributed by atoms with Gasteiger partial charge in [-0.25, -0.2) is 0 Å². The van der Waals surface area contributed by atoms with E-state index in [9.17, 15) is 0 Å². The first-order chi connectivity index (χ1) is 8.22. The van der Waals surface area contributed by atoms with Crippen LogP contribution in [0.3, 0.4) is 0 Å². The highest BCUT2D eigenvalue weighted by Crippen LogP contribution is 2.33. The van der Waals surface area contributed by atoms with Crippen LogP contribution in [-0.4, -0.2) is 36.5 Å². The first kappa shape index (κ1) is 12.9. The number of rotatable bonds is 4. The smallest absolute Gasteiger partial charge is 0.122 e. The van der Waals surface area contributed by atoms with Crippen LogP contribution in [0.5, 0.6) is 5.75 Å². The van der Waals surface area contributed by atoms with Crippen molar-refractivity contribution in [2.45, 2.75) is 25.3 Å². The number of fused-ring (bicyclic) bond motifs is 1. The molecule has 1 aliphatic rings. The van der Waals surface area contributed by atoms with Crippen molar-refractivity contribution in [2.75, 3.05) is 25.5 Å². The normalized spacial score (nSPS) is 20.8. The molecule has 0 bridgehead atoms. The summed E-state index contributed by atoms with van der Waals surface area (Å²) in [5.74, 6) is 1.68. The lowest BCUT2D eigenvalue weighted by molar-refractivity contribution is 0.212. The highest BCUT2D eigenvalue weighted by molar-refractivity contribution is 9.09. The van der Waals surface area contributed by atoms with E-state index in [2.05, 4.69) is 53.0 Å². The number of alkyl halides is 1. The van der Waals surface area contributed by atoms with Crippen LogP contribution >= 0.6 is 15.9 Å². The second-order valence-corrected chi connectivity index (χ2v) is 5.46. The lowest BCUT2D eigenvalue weighted by Gasteiger charge is -2.31. The molecule has 0 spiro atoms. The number of para-hydroxylation sites is 1. The summed E-state index contributed by atoms with van der Waals surface area (Å²) in [4.78, 5) is 2.42. The van der Waals surface area contributed by atoms with Gasteiger partial charge >= 0.3 is 0 Å². The Labute approximate surface area is 112 Å². The Morgan fingerprint density at radius 3 is 3.00 bits per heavy atom. The van der Waals surface area contributed by atoms with Crippen LogP contribution in [0, 0.1) is 0 Å². The number of halogens is 1. The summed E-state index contributed by atoms with van der Waals surface area (Å²) in [5, 5.41) is 1.02. The maximum atomic E-state index is 5.69. The molecule has 1 heterocycles. The number of nitrogens with zero attached hydrogens (tertiary/aromatic N) is 1. The average Bonchev–Trinajstić information content (AvgIpc) is 2.38. The predicted octanol–water partition coefficient (Wildman–Crippen LogP) is 3.27. The van der Waals surface area contributed by atoms with Crippen molar-refractivity contribution in [1.82, 2.24) is 4.90 Å². The summed E-state index contributed by atoms with van der Waals surface area (Å²) in [5.41, 5.74) is 1.37. The Kier molecular flexibility index (Phi) is 4.46. The van der Waals surface area contributed by atoms with Gasteiger partial charge < -0.3 is 9.64 Å². The van der Waals surface area contributed by atoms with E-state index in [1.165, 1.54) is 5.56 Å². The van der Waals surface area contributed by atoms with Crippen LogP contribution in [0.15, 0.2) is 24.3 Å². The Balaban J connectivity index is 2.08. The third kappa shape index (κ3) is 3.02. The number of hydrogen-bond donors (Lipinski definition) is 0. The predicted molar refractivity (Wildman–Crippen MR) is 75.2 cm³/mol. The zero-order valence-electron chi connectivity index (χ0n) is 10.5. The fourth-order valence-corrected chi connectivity index (χ4v) is 2.75. The van der Waals surface area contributed by atoms with Gasteiger partial charge in [-0.05, 0) is 32.0 Å². The Morgan fingerprint density at radius 2 is 2.24 bits per heavy atom. The standard InChI is InChI=1S/C14H20BrNO/c1-11(9-15)16(2)10-12-7-8-17-14-6-4-3-5-13(12)14/h3-6,11-12H,7-10H2,1-2H3. The van der Waals surface area contributed by atoms with Gasteiger partial charge in [-0.3, -0.25) is 0 Å². The van der Waals surface area contributed by atoms with Gasteiger partial charge in [-0.15, -0.1) is 0 Å². The Bertz CT molecular complexity index is 369. The SMILES string of the molecule is CC(CBr)N(C)CC1CCOc2ccccc21. The molecule has 3 heteroatoms. The zero-order chi connectivity index (χ0) is 12.3. The molecule has 1 aromatic rings. The number of likely N-dealkylation sites (N-methyl/N-ethyl adjacent to an activating group) is 1. The highest BCUT2D eigenvalue weighted by Gasteiger charge is 2.23. The van der Waals surface area contributed by atoms with Crippen LogP contribution in [0.4, 0.5) is 0 Å². The molecule has 2 nitrogen and oxygen atoms in total. The molecule has 0 saturated carbocycles. The molecule has 2 rings (SSSR count). The van der Waals surface area contributed by atoms with E-state index in [4.69, 9.17) is 4.74 Å². The summed E-state index contributed by atoms with van der Waals surface area (Å²) in [6.45, 7) is 4.20. The molecule has 1 aromatic carbocycles. The van der Waals surface area contributed by atoms with E-state index in [0.29, 0.717) is 12.0 Å². The summed E-state index contributed by atoms with van der Waals surface area (Å²) in [7, 11) is 2.20. The molecule has 0 radical (unpaired) electrons. The van der Waals surface area contributed by atoms with E-state index < -0.39 is 0 Å². The molecule has 2 atom stereocenters. The minimum Gasteiger partial charge on any atom is -0.493 e. The minimum atomic E-state index is 0.574. The molecule has 94 valence electrons. The maximum absolute atomic E-state index is 5.69. The molecule has 0 fully saturated rings. The average molecular weight is 298 g/mol. The van der Waals surface area contributed by atoms with Crippen molar-refractivity contribution in [3.05, 3.63) is 29.8 Å². The van der Waals surface area contributed by atoms with E-state index >= 15 is 0 Å². The number of ether oxygens (including phenoxy) is 1. The zero-order valence-corrected chi connectivity index (χ0v) is 12.1. The van der Waals surface area contributed by atoms with Gasteiger partial charge in [-0.2, -0.15) is 0 Å². The van der Waals surface area contributed by atoms with E-state index in [1.54, 1.807) is 0 Å². The van der Waals surface area contributed by atoms with Gasteiger partial charge in [0.05, 0.1) is 6.61 Å². The van der Waals surface area contributed by atoms with E-state index in [-0.39, 0.29) is 0 Å². The quantitative estimate of drug-likeness (QED) is 0.791.